The number of nitrogens with zero attached hydrogens (tertiary/aromatic N) is 2. The van der Waals surface area contributed by atoms with Crippen molar-refractivity contribution in [2.24, 2.45) is 0 Å². The molecule has 0 fully saturated rings. The third-order valence-corrected chi connectivity index (χ3v) is 6.61. The number of ether oxygens (including phenoxy) is 2. The lowest BCUT2D eigenvalue weighted by Gasteiger charge is -2.18. The number of carbonyl (C=O) groups excluding carboxylic acids is 2. The van der Waals surface area contributed by atoms with Crippen molar-refractivity contribution in [1.29, 1.82) is 0 Å². The molecule has 3 aromatic rings. The van der Waals surface area contributed by atoms with Gasteiger partial charge in [0, 0.05) is 33.5 Å². The van der Waals surface area contributed by atoms with Gasteiger partial charge in [0.1, 0.15) is 5.75 Å². The van der Waals surface area contributed by atoms with Gasteiger partial charge in [0.05, 0.1) is 24.9 Å². The number of aromatic nitrogens is 1. The van der Waals surface area contributed by atoms with E-state index in [1.807, 2.05) is 52.0 Å². The molecule has 2 aromatic carbocycles. The Bertz CT molecular complexity index is 1410. The molecule has 1 amide bonds. The van der Waals surface area contributed by atoms with E-state index in [2.05, 4.69) is 4.57 Å². The zero-order chi connectivity index (χ0) is 26.1. The van der Waals surface area contributed by atoms with Crippen LogP contribution < -0.4 is 9.64 Å². The summed E-state index contributed by atoms with van der Waals surface area (Å²) in [6.07, 6.45) is 1.77. The molecule has 6 nitrogen and oxygen atoms in total. The smallest absolute Gasteiger partial charge is 0.340 e. The van der Waals surface area contributed by atoms with Crippen LogP contribution in [0.15, 0.2) is 65.4 Å². The minimum absolute atomic E-state index is 0.250. The van der Waals surface area contributed by atoms with Crippen LogP contribution in [0, 0.1) is 20.8 Å². The van der Waals surface area contributed by atoms with Crippen molar-refractivity contribution < 1.29 is 19.1 Å². The van der Waals surface area contributed by atoms with E-state index in [4.69, 9.17) is 21.1 Å². The summed E-state index contributed by atoms with van der Waals surface area (Å²) in [7, 11) is 1.32. The monoisotopic (exact) mass is 504 g/mol. The van der Waals surface area contributed by atoms with Gasteiger partial charge in [-0.2, -0.15) is 0 Å². The Balaban J connectivity index is 1.82. The standard InChI is InChI=1S/C29H29ClN2O4/c1-7-36-24-12-10-23(11-13-24)32-20(5)27(29(34)35-6)25(28(32)33)15-21-14-18(3)31(19(21)4)26-16-22(30)9-8-17(26)2/h8-16H,7H2,1-6H3/b25-15-. The molecule has 0 saturated carbocycles. The molecule has 2 heterocycles. The summed E-state index contributed by atoms with van der Waals surface area (Å²) in [5.74, 6) is -0.136. The van der Waals surface area contributed by atoms with Crippen molar-refractivity contribution in [1.82, 2.24) is 4.57 Å². The van der Waals surface area contributed by atoms with E-state index < -0.39 is 5.97 Å². The van der Waals surface area contributed by atoms with Gasteiger partial charge < -0.3 is 14.0 Å². The van der Waals surface area contributed by atoms with Gasteiger partial charge in [0.2, 0.25) is 0 Å². The predicted octanol–water partition coefficient (Wildman–Crippen LogP) is 6.33. The van der Waals surface area contributed by atoms with E-state index in [1.54, 1.807) is 37.3 Å². The van der Waals surface area contributed by atoms with Crippen LogP contribution in [-0.4, -0.2) is 30.2 Å². The Labute approximate surface area is 216 Å². The van der Waals surface area contributed by atoms with Gasteiger partial charge >= 0.3 is 5.97 Å². The van der Waals surface area contributed by atoms with Crippen molar-refractivity contribution >= 4 is 35.2 Å². The largest absolute Gasteiger partial charge is 0.494 e. The normalized spacial score (nSPS) is 14.7. The van der Waals surface area contributed by atoms with E-state index in [9.17, 15) is 9.59 Å². The first kappa shape index (κ1) is 25.3. The van der Waals surface area contributed by atoms with Crippen molar-refractivity contribution in [3.63, 3.8) is 0 Å². The number of hydrogen-bond donors (Lipinski definition) is 0. The molecule has 0 aliphatic carbocycles. The molecule has 0 radical (unpaired) electrons. The molecule has 0 unspecified atom stereocenters. The maximum Gasteiger partial charge on any atom is 0.340 e. The summed E-state index contributed by atoms with van der Waals surface area (Å²) in [4.78, 5) is 28.0. The second kappa shape index (κ2) is 10.1. The average Bonchev–Trinajstić information content (AvgIpc) is 3.27. The van der Waals surface area contributed by atoms with Crippen LogP contribution in [0.2, 0.25) is 5.02 Å². The predicted molar refractivity (Wildman–Crippen MR) is 143 cm³/mol. The van der Waals surface area contributed by atoms with Gasteiger partial charge in [-0.25, -0.2) is 4.79 Å². The number of allylic oxidation sites excluding steroid dienone is 1. The Morgan fingerprint density at radius 1 is 1.03 bits per heavy atom. The zero-order valence-corrected chi connectivity index (χ0v) is 22.1. The topological polar surface area (TPSA) is 60.8 Å². The van der Waals surface area contributed by atoms with Crippen molar-refractivity contribution in [3.05, 3.63) is 92.9 Å². The molecule has 0 atom stereocenters. The molecule has 36 heavy (non-hydrogen) atoms. The quantitative estimate of drug-likeness (QED) is 0.290. The van der Waals surface area contributed by atoms with E-state index in [0.29, 0.717) is 28.8 Å². The highest BCUT2D eigenvalue weighted by atomic mass is 35.5. The van der Waals surface area contributed by atoms with Gasteiger partial charge in [-0.05, 0) is 94.3 Å². The molecule has 186 valence electrons. The number of esters is 1. The van der Waals surface area contributed by atoms with Crippen LogP contribution in [0.5, 0.6) is 5.75 Å². The molecule has 0 spiro atoms. The van der Waals surface area contributed by atoms with Crippen molar-refractivity contribution in [2.45, 2.75) is 34.6 Å². The Kier molecular flexibility index (Phi) is 7.09. The van der Waals surface area contributed by atoms with Crippen LogP contribution >= 0.6 is 11.6 Å². The Hall–Kier alpha value is -3.77. The van der Waals surface area contributed by atoms with E-state index in [1.165, 1.54) is 12.0 Å². The number of aryl methyl sites for hydroxylation is 2. The molecule has 4 rings (SSSR count). The summed E-state index contributed by atoms with van der Waals surface area (Å²) in [5.41, 5.74) is 6.49. The molecule has 1 aromatic heterocycles. The first-order valence-corrected chi connectivity index (χ1v) is 12.1. The van der Waals surface area contributed by atoms with Gasteiger partial charge in [-0.15, -0.1) is 0 Å². The van der Waals surface area contributed by atoms with Crippen molar-refractivity contribution in [3.8, 4) is 11.4 Å². The van der Waals surface area contributed by atoms with Crippen LogP contribution in [0.1, 0.15) is 36.4 Å². The minimum Gasteiger partial charge on any atom is -0.494 e. The average molecular weight is 505 g/mol. The fraction of sp³-hybridized carbons (Fsp3) is 0.241. The number of benzene rings is 2. The van der Waals surface area contributed by atoms with Gasteiger partial charge in [-0.3, -0.25) is 9.69 Å². The molecule has 0 saturated heterocycles. The maximum atomic E-state index is 13.7. The molecule has 7 heteroatoms. The Morgan fingerprint density at radius 3 is 2.36 bits per heavy atom. The number of rotatable bonds is 6. The lowest BCUT2D eigenvalue weighted by atomic mass is 10.0. The lowest BCUT2D eigenvalue weighted by molar-refractivity contribution is -0.136. The first-order chi connectivity index (χ1) is 17.2. The molecular formula is C29H29ClN2O4. The van der Waals surface area contributed by atoms with Gasteiger partial charge in [0.25, 0.3) is 5.91 Å². The van der Waals surface area contributed by atoms with Crippen LogP contribution in [0.4, 0.5) is 5.69 Å². The van der Waals surface area contributed by atoms with E-state index in [0.717, 1.165) is 28.2 Å². The first-order valence-electron chi connectivity index (χ1n) is 11.7. The third-order valence-electron chi connectivity index (χ3n) is 6.38. The highest BCUT2D eigenvalue weighted by molar-refractivity contribution is 6.30. The second-order valence-corrected chi connectivity index (χ2v) is 9.11. The van der Waals surface area contributed by atoms with E-state index >= 15 is 0 Å². The summed E-state index contributed by atoms with van der Waals surface area (Å²) in [5, 5.41) is 0.645. The number of carbonyl (C=O) groups is 2. The molecular weight excluding hydrogens is 476 g/mol. The zero-order valence-electron chi connectivity index (χ0n) is 21.3. The van der Waals surface area contributed by atoms with Crippen LogP contribution in [0.3, 0.4) is 0 Å². The number of anilines is 1. The fourth-order valence-electron chi connectivity index (χ4n) is 4.63. The number of methoxy groups -OCH3 is 1. The molecule has 1 aliphatic heterocycles. The van der Waals surface area contributed by atoms with Crippen LogP contribution in [0.25, 0.3) is 11.8 Å². The minimum atomic E-state index is -0.556. The van der Waals surface area contributed by atoms with E-state index in [-0.39, 0.29) is 17.1 Å². The van der Waals surface area contributed by atoms with Gasteiger partial charge in [-0.1, -0.05) is 17.7 Å². The number of halogens is 1. The Morgan fingerprint density at radius 2 is 1.72 bits per heavy atom. The second-order valence-electron chi connectivity index (χ2n) is 8.67. The molecule has 1 aliphatic rings. The van der Waals surface area contributed by atoms with Crippen molar-refractivity contribution in [2.75, 3.05) is 18.6 Å². The fourth-order valence-corrected chi connectivity index (χ4v) is 4.80. The maximum absolute atomic E-state index is 13.7. The van der Waals surface area contributed by atoms with Gasteiger partial charge in [0.15, 0.2) is 0 Å². The SMILES string of the molecule is CCOc1ccc(N2C(=O)/C(=C\c3cc(C)n(-c4cc(Cl)ccc4C)c3C)C(C(=O)OC)=C2C)cc1. The third kappa shape index (κ3) is 4.44. The summed E-state index contributed by atoms with van der Waals surface area (Å²) < 4.78 is 12.7. The number of amides is 1. The molecule has 0 N–H and O–H groups in total. The number of hydrogen-bond acceptors (Lipinski definition) is 4. The highest BCUT2D eigenvalue weighted by Gasteiger charge is 2.38. The van der Waals surface area contributed by atoms with Crippen LogP contribution in [-0.2, 0) is 14.3 Å². The highest BCUT2D eigenvalue weighted by Crippen LogP contribution is 2.37. The lowest BCUT2D eigenvalue weighted by Crippen LogP contribution is -2.24. The summed E-state index contributed by atoms with van der Waals surface area (Å²) in [6.45, 7) is 10.2. The summed E-state index contributed by atoms with van der Waals surface area (Å²) >= 11 is 6.28. The summed E-state index contributed by atoms with van der Waals surface area (Å²) in [6, 6.07) is 15.0. The molecule has 0 bridgehead atoms.